The van der Waals surface area contributed by atoms with Crippen molar-refractivity contribution in [3.8, 4) is 12.3 Å². The summed E-state index contributed by atoms with van der Waals surface area (Å²) in [6, 6.07) is 6.33. The maximum Gasteiger partial charge on any atom is 0.0541 e. The standard InChI is InChI=1S/C12H16N2/c1-3-7-11(4-2)14-10-12-8-5-6-9-13-12/h1,5-6,8-9,11,14H,4,7,10H2,2H3. The number of nitrogens with zero attached hydrogens (tertiary/aromatic N) is 1. The Bertz CT molecular complexity index is 287. The molecule has 1 aromatic rings. The Morgan fingerprint density at radius 2 is 2.43 bits per heavy atom. The van der Waals surface area contributed by atoms with Gasteiger partial charge in [0.05, 0.1) is 5.69 Å². The second-order valence-electron chi connectivity index (χ2n) is 3.22. The molecule has 0 aliphatic heterocycles. The fraction of sp³-hybridized carbons (Fsp3) is 0.417. The van der Waals surface area contributed by atoms with E-state index in [4.69, 9.17) is 6.42 Å². The maximum atomic E-state index is 5.27. The summed E-state index contributed by atoms with van der Waals surface area (Å²) in [6.07, 6.45) is 8.91. The maximum absolute atomic E-state index is 5.27. The molecule has 0 fully saturated rings. The van der Waals surface area contributed by atoms with Gasteiger partial charge >= 0.3 is 0 Å². The summed E-state index contributed by atoms with van der Waals surface area (Å²) >= 11 is 0. The van der Waals surface area contributed by atoms with Crippen LogP contribution in [0.2, 0.25) is 0 Å². The molecule has 74 valence electrons. The highest BCUT2D eigenvalue weighted by atomic mass is 14.9. The Morgan fingerprint density at radius 1 is 1.57 bits per heavy atom. The van der Waals surface area contributed by atoms with Crippen LogP contribution in [0, 0.1) is 12.3 Å². The van der Waals surface area contributed by atoms with Gasteiger partial charge in [0.25, 0.3) is 0 Å². The summed E-state index contributed by atoms with van der Waals surface area (Å²) in [7, 11) is 0. The van der Waals surface area contributed by atoms with Crippen molar-refractivity contribution in [2.75, 3.05) is 0 Å². The smallest absolute Gasteiger partial charge is 0.0541 e. The van der Waals surface area contributed by atoms with Gasteiger partial charge in [0.1, 0.15) is 0 Å². The van der Waals surface area contributed by atoms with Gasteiger partial charge < -0.3 is 5.32 Å². The number of terminal acetylenes is 1. The summed E-state index contributed by atoms with van der Waals surface area (Å²) in [5, 5.41) is 3.38. The Morgan fingerprint density at radius 3 is 3.00 bits per heavy atom. The number of pyridine rings is 1. The quantitative estimate of drug-likeness (QED) is 0.715. The van der Waals surface area contributed by atoms with Crippen molar-refractivity contribution >= 4 is 0 Å². The number of nitrogens with one attached hydrogen (secondary N) is 1. The molecule has 14 heavy (non-hydrogen) atoms. The van der Waals surface area contributed by atoms with Crippen molar-refractivity contribution in [3.05, 3.63) is 30.1 Å². The Kier molecular flexibility index (Phi) is 4.74. The Hall–Kier alpha value is -1.33. The molecule has 1 unspecified atom stereocenters. The van der Waals surface area contributed by atoms with E-state index < -0.39 is 0 Å². The van der Waals surface area contributed by atoms with Crippen molar-refractivity contribution in [2.45, 2.75) is 32.4 Å². The van der Waals surface area contributed by atoms with Crippen molar-refractivity contribution in [2.24, 2.45) is 0 Å². The van der Waals surface area contributed by atoms with Crippen LogP contribution in [0.5, 0.6) is 0 Å². The number of aromatic nitrogens is 1. The molecule has 0 spiro atoms. The molecule has 2 nitrogen and oxygen atoms in total. The fourth-order valence-corrected chi connectivity index (χ4v) is 1.25. The lowest BCUT2D eigenvalue weighted by molar-refractivity contribution is 0.502. The molecule has 1 atom stereocenters. The van der Waals surface area contributed by atoms with Crippen LogP contribution in [0.25, 0.3) is 0 Å². The van der Waals surface area contributed by atoms with Gasteiger partial charge in [0.2, 0.25) is 0 Å². The molecular formula is C12H16N2. The molecule has 0 aliphatic rings. The van der Waals surface area contributed by atoms with Gasteiger partial charge in [-0.1, -0.05) is 13.0 Å². The Balaban J connectivity index is 2.36. The summed E-state index contributed by atoms with van der Waals surface area (Å²) in [5.74, 6) is 2.67. The van der Waals surface area contributed by atoms with Gasteiger partial charge in [-0.2, -0.15) is 0 Å². The van der Waals surface area contributed by atoms with Crippen molar-refractivity contribution in [3.63, 3.8) is 0 Å². The van der Waals surface area contributed by atoms with Crippen LogP contribution in [-0.4, -0.2) is 11.0 Å². The van der Waals surface area contributed by atoms with Crippen LogP contribution < -0.4 is 5.32 Å². The molecule has 0 radical (unpaired) electrons. The summed E-state index contributed by atoms with van der Waals surface area (Å²) in [4.78, 5) is 4.23. The highest BCUT2D eigenvalue weighted by molar-refractivity contribution is 5.03. The molecule has 1 N–H and O–H groups in total. The molecule has 0 amide bonds. The number of hydrogen-bond acceptors (Lipinski definition) is 2. The minimum atomic E-state index is 0.405. The van der Waals surface area contributed by atoms with E-state index in [9.17, 15) is 0 Å². The van der Waals surface area contributed by atoms with E-state index >= 15 is 0 Å². The number of rotatable bonds is 5. The first-order valence-corrected chi connectivity index (χ1v) is 4.93. The van der Waals surface area contributed by atoms with Crippen LogP contribution >= 0.6 is 0 Å². The van der Waals surface area contributed by atoms with Crippen LogP contribution in [0.4, 0.5) is 0 Å². The normalized spacial score (nSPS) is 12.0. The average Bonchev–Trinajstić information content (AvgIpc) is 2.25. The van der Waals surface area contributed by atoms with Crippen molar-refractivity contribution in [1.29, 1.82) is 0 Å². The largest absolute Gasteiger partial charge is 0.307 e. The first-order chi connectivity index (χ1) is 6.86. The predicted octanol–water partition coefficient (Wildman–Crippen LogP) is 1.97. The zero-order chi connectivity index (χ0) is 10.2. The molecule has 1 aromatic heterocycles. The van der Waals surface area contributed by atoms with Gasteiger partial charge in [-0.3, -0.25) is 4.98 Å². The second-order valence-corrected chi connectivity index (χ2v) is 3.22. The molecule has 0 aliphatic carbocycles. The molecular weight excluding hydrogens is 172 g/mol. The van der Waals surface area contributed by atoms with Gasteiger partial charge in [0.15, 0.2) is 0 Å². The molecule has 1 heterocycles. The predicted molar refractivity (Wildman–Crippen MR) is 58.6 cm³/mol. The van der Waals surface area contributed by atoms with E-state index in [0.717, 1.165) is 25.1 Å². The van der Waals surface area contributed by atoms with Gasteiger partial charge in [-0.15, -0.1) is 12.3 Å². The highest BCUT2D eigenvalue weighted by Crippen LogP contribution is 1.99. The van der Waals surface area contributed by atoms with Gasteiger partial charge in [-0.25, -0.2) is 0 Å². The van der Waals surface area contributed by atoms with E-state index in [1.54, 1.807) is 6.20 Å². The van der Waals surface area contributed by atoms with Crippen LogP contribution in [0.3, 0.4) is 0 Å². The Labute approximate surface area is 85.8 Å². The summed E-state index contributed by atoms with van der Waals surface area (Å²) in [5.41, 5.74) is 1.06. The van der Waals surface area contributed by atoms with E-state index in [1.807, 2.05) is 18.2 Å². The zero-order valence-electron chi connectivity index (χ0n) is 8.53. The van der Waals surface area contributed by atoms with Crippen LogP contribution in [0.1, 0.15) is 25.5 Å². The third kappa shape index (κ3) is 3.59. The monoisotopic (exact) mass is 188 g/mol. The molecule has 0 saturated heterocycles. The fourth-order valence-electron chi connectivity index (χ4n) is 1.25. The van der Waals surface area contributed by atoms with Crippen LogP contribution in [0.15, 0.2) is 24.4 Å². The average molecular weight is 188 g/mol. The lowest BCUT2D eigenvalue weighted by Crippen LogP contribution is -2.27. The van der Waals surface area contributed by atoms with E-state index in [0.29, 0.717) is 6.04 Å². The lowest BCUT2D eigenvalue weighted by atomic mass is 10.1. The summed E-state index contributed by atoms with van der Waals surface area (Å²) < 4.78 is 0. The van der Waals surface area contributed by atoms with Crippen molar-refractivity contribution in [1.82, 2.24) is 10.3 Å². The molecule has 0 saturated carbocycles. The molecule has 2 heteroatoms. The lowest BCUT2D eigenvalue weighted by Gasteiger charge is -2.13. The first-order valence-electron chi connectivity index (χ1n) is 4.93. The molecule has 0 aromatic carbocycles. The first kappa shape index (κ1) is 10.7. The topological polar surface area (TPSA) is 24.9 Å². The van der Waals surface area contributed by atoms with Gasteiger partial charge in [0, 0.05) is 25.2 Å². The third-order valence-corrected chi connectivity index (χ3v) is 2.16. The van der Waals surface area contributed by atoms with Crippen LogP contribution in [-0.2, 0) is 6.54 Å². The minimum Gasteiger partial charge on any atom is -0.307 e. The SMILES string of the molecule is C#CCC(CC)NCc1ccccn1. The molecule has 1 rings (SSSR count). The van der Waals surface area contributed by atoms with Gasteiger partial charge in [-0.05, 0) is 18.6 Å². The van der Waals surface area contributed by atoms with Crippen molar-refractivity contribution < 1.29 is 0 Å². The van der Waals surface area contributed by atoms with E-state index in [2.05, 4.69) is 23.1 Å². The molecule has 0 bridgehead atoms. The van der Waals surface area contributed by atoms with E-state index in [1.165, 1.54) is 0 Å². The highest BCUT2D eigenvalue weighted by Gasteiger charge is 2.03. The number of hydrogen-bond donors (Lipinski definition) is 1. The van der Waals surface area contributed by atoms with E-state index in [-0.39, 0.29) is 0 Å². The second kappa shape index (κ2) is 6.17. The summed E-state index contributed by atoms with van der Waals surface area (Å²) in [6.45, 7) is 2.93. The zero-order valence-corrected chi connectivity index (χ0v) is 8.53. The minimum absolute atomic E-state index is 0.405. The third-order valence-electron chi connectivity index (χ3n) is 2.16.